The molecule has 3 aromatic rings. The van der Waals surface area contributed by atoms with Gasteiger partial charge in [-0.2, -0.15) is 0 Å². The van der Waals surface area contributed by atoms with E-state index in [1.54, 1.807) is 12.1 Å². The molecule has 0 bridgehead atoms. The number of aliphatic hydroxyl groups is 1. The van der Waals surface area contributed by atoms with Crippen LogP contribution in [0.3, 0.4) is 0 Å². The third-order valence-corrected chi connectivity index (χ3v) is 6.19. The van der Waals surface area contributed by atoms with E-state index in [9.17, 15) is 20.0 Å². The van der Waals surface area contributed by atoms with Crippen LogP contribution in [-0.2, 0) is 4.74 Å². The molecular formula is C26H27N3O5. The van der Waals surface area contributed by atoms with Crippen molar-refractivity contribution >= 4 is 23.2 Å². The van der Waals surface area contributed by atoms with Gasteiger partial charge in [-0.15, -0.1) is 0 Å². The monoisotopic (exact) mass is 461 g/mol. The fraction of sp³-hybridized carbons (Fsp3) is 0.269. The number of aryl methyl sites for hydroxylation is 1. The number of benzene rings is 3. The number of fused-ring (bicyclic) bond motifs is 3. The Kier molecular flexibility index (Phi) is 6.79. The van der Waals surface area contributed by atoms with Crippen LogP contribution in [0, 0.1) is 17.0 Å². The number of rotatable bonds is 8. The molecule has 0 saturated heterocycles. The predicted molar refractivity (Wildman–Crippen MR) is 131 cm³/mol. The van der Waals surface area contributed by atoms with Crippen LogP contribution in [0.15, 0.2) is 60.7 Å². The molecule has 0 spiro atoms. The van der Waals surface area contributed by atoms with Crippen molar-refractivity contribution in [3.05, 3.63) is 87.5 Å². The highest BCUT2D eigenvalue weighted by Crippen LogP contribution is 2.46. The Balaban J connectivity index is 1.48. The zero-order chi connectivity index (χ0) is 24.2. The third-order valence-electron chi connectivity index (χ3n) is 6.19. The molecule has 1 unspecified atom stereocenters. The maximum atomic E-state index is 12.6. The molecule has 3 aromatic carbocycles. The summed E-state index contributed by atoms with van der Waals surface area (Å²) >= 11 is 0. The summed E-state index contributed by atoms with van der Waals surface area (Å²) in [6.45, 7) is 5.34. The Morgan fingerprint density at radius 3 is 2.59 bits per heavy atom. The van der Waals surface area contributed by atoms with Gasteiger partial charge in [0.2, 0.25) is 0 Å². The number of carbonyl (C=O) groups is 1. The fourth-order valence-corrected chi connectivity index (χ4v) is 4.47. The van der Waals surface area contributed by atoms with Gasteiger partial charge in [-0.25, -0.2) is 4.79 Å². The summed E-state index contributed by atoms with van der Waals surface area (Å²) < 4.78 is 5.57. The van der Waals surface area contributed by atoms with E-state index >= 15 is 0 Å². The van der Waals surface area contributed by atoms with Gasteiger partial charge in [0.25, 0.3) is 5.69 Å². The summed E-state index contributed by atoms with van der Waals surface area (Å²) in [6, 6.07) is 18.3. The molecule has 0 aliphatic heterocycles. The molecule has 8 heteroatoms. The number of hydrogen-bond acceptors (Lipinski definition) is 6. The number of hydrogen-bond donors (Lipinski definition) is 2. The van der Waals surface area contributed by atoms with Crippen LogP contribution >= 0.6 is 0 Å². The Bertz CT molecular complexity index is 1230. The summed E-state index contributed by atoms with van der Waals surface area (Å²) in [7, 11) is 0. The minimum atomic E-state index is -0.588. The van der Waals surface area contributed by atoms with Crippen molar-refractivity contribution in [2.24, 2.45) is 0 Å². The second-order valence-electron chi connectivity index (χ2n) is 8.19. The van der Waals surface area contributed by atoms with Crippen LogP contribution in [0.25, 0.3) is 11.1 Å². The largest absolute Gasteiger partial charge is 0.448 e. The van der Waals surface area contributed by atoms with E-state index in [2.05, 4.69) is 5.32 Å². The minimum Gasteiger partial charge on any atom is -0.448 e. The van der Waals surface area contributed by atoms with Crippen molar-refractivity contribution in [1.82, 2.24) is 0 Å². The molecule has 0 radical (unpaired) electrons. The van der Waals surface area contributed by atoms with Gasteiger partial charge < -0.3 is 14.7 Å². The van der Waals surface area contributed by atoms with Crippen molar-refractivity contribution in [3.8, 4) is 11.1 Å². The number of nitrogens with one attached hydrogen (secondary N) is 1. The number of anilines is 2. The zero-order valence-corrected chi connectivity index (χ0v) is 19.2. The second-order valence-corrected chi connectivity index (χ2v) is 8.19. The molecule has 0 heterocycles. The van der Waals surface area contributed by atoms with E-state index in [0.717, 1.165) is 40.0 Å². The molecule has 4 rings (SSSR count). The van der Waals surface area contributed by atoms with Crippen molar-refractivity contribution in [2.75, 3.05) is 36.5 Å². The van der Waals surface area contributed by atoms with Gasteiger partial charge in [-0.1, -0.05) is 24.3 Å². The predicted octanol–water partition coefficient (Wildman–Crippen LogP) is 5.08. The molecule has 0 saturated carbocycles. The van der Waals surface area contributed by atoms with Gasteiger partial charge in [0, 0.05) is 42.5 Å². The number of likely N-dealkylation sites (N-methyl/N-ethyl adjacent to an activating group) is 1. The quantitative estimate of drug-likeness (QED) is 0.358. The topological polar surface area (TPSA) is 105 Å². The number of nitro benzene ring substituents is 1. The van der Waals surface area contributed by atoms with E-state index in [1.807, 2.05) is 61.2 Å². The third kappa shape index (κ3) is 4.58. The van der Waals surface area contributed by atoms with Gasteiger partial charge >= 0.3 is 6.09 Å². The van der Waals surface area contributed by atoms with Crippen molar-refractivity contribution in [1.29, 1.82) is 0 Å². The number of carbonyl (C=O) groups excluding carboxylic acids is 1. The number of nitro groups is 1. The van der Waals surface area contributed by atoms with E-state index in [4.69, 9.17) is 4.74 Å². The average Bonchev–Trinajstić information content (AvgIpc) is 3.15. The lowest BCUT2D eigenvalue weighted by atomic mass is 9.98. The number of ether oxygens (including phenoxy) is 1. The Hall–Kier alpha value is -3.91. The first kappa shape index (κ1) is 23.3. The normalized spacial score (nSPS) is 13.7. The van der Waals surface area contributed by atoms with Crippen molar-refractivity contribution in [2.45, 2.75) is 19.8 Å². The maximum absolute atomic E-state index is 12.6. The molecule has 1 aliphatic rings. The lowest BCUT2D eigenvalue weighted by Gasteiger charge is -2.23. The number of aliphatic hydroxyl groups excluding tert-OH is 1. The van der Waals surface area contributed by atoms with Gasteiger partial charge in [-0.05, 0) is 65.9 Å². The molecule has 2 N–H and O–H groups in total. The molecule has 0 aromatic heterocycles. The van der Waals surface area contributed by atoms with Crippen molar-refractivity contribution < 1.29 is 19.6 Å². The average molecular weight is 462 g/mol. The van der Waals surface area contributed by atoms with Crippen molar-refractivity contribution in [3.63, 3.8) is 0 Å². The molecular weight excluding hydrogens is 434 g/mol. The Morgan fingerprint density at radius 2 is 1.88 bits per heavy atom. The molecule has 1 atom stereocenters. The Morgan fingerprint density at radius 1 is 1.12 bits per heavy atom. The first-order valence-electron chi connectivity index (χ1n) is 11.2. The first-order valence-corrected chi connectivity index (χ1v) is 11.2. The highest BCUT2D eigenvalue weighted by atomic mass is 16.6. The first-order chi connectivity index (χ1) is 16.4. The summed E-state index contributed by atoms with van der Waals surface area (Å²) in [5.41, 5.74) is 6.17. The van der Waals surface area contributed by atoms with Gasteiger partial charge in [0.1, 0.15) is 6.61 Å². The second kappa shape index (κ2) is 9.93. The van der Waals surface area contributed by atoms with Gasteiger partial charge in [-0.3, -0.25) is 15.4 Å². The molecule has 34 heavy (non-hydrogen) atoms. The van der Waals surface area contributed by atoms with E-state index in [0.29, 0.717) is 12.2 Å². The fourth-order valence-electron chi connectivity index (χ4n) is 4.47. The minimum absolute atomic E-state index is 0.0130. The molecule has 1 aliphatic carbocycles. The molecule has 1 amide bonds. The standard InChI is InChI=1S/C26H27N3O5/c1-3-28(12-13-30)18-9-11-25(17(2)14-18)27-26(31)34-16-24-21-7-5-4-6-20(21)22-10-8-19(29(32)33)15-23(22)24/h4-11,14-15,24,30H,3,12-13,16H2,1-2H3,(H,27,31). The van der Waals surface area contributed by atoms with E-state index in [1.165, 1.54) is 6.07 Å². The van der Waals surface area contributed by atoms with Crippen LogP contribution in [-0.4, -0.2) is 42.4 Å². The SMILES string of the molecule is CCN(CCO)c1ccc(NC(=O)OCC2c3ccccc3-c3ccc([N+](=O)[O-])cc32)c(C)c1. The Labute approximate surface area is 197 Å². The summed E-state index contributed by atoms with van der Waals surface area (Å²) in [5, 5.41) is 23.3. The number of amides is 1. The van der Waals surface area contributed by atoms with E-state index < -0.39 is 11.0 Å². The van der Waals surface area contributed by atoms with Gasteiger partial charge in [0.05, 0.1) is 11.5 Å². The lowest BCUT2D eigenvalue weighted by Crippen LogP contribution is -2.26. The van der Waals surface area contributed by atoms with Crippen LogP contribution < -0.4 is 10.2 Å². The summed E-state index contributed by atoms with van der Waals surface area (Å²) in [6.07, 6.45) is -0.588. The highest BCUT2D eigenvalue weighted by molar-refractivity contribution is 5.86. The van der Waals surface area contributed by atoms with Crippen LogP contribution in [0.1, 0.15) is 29.5 Å². The lowest BCUT2D eigenvalue weighted by molar-refractivity contribution is -0.384. The van der Waals surface area contributed by atoms with Crippen LogP contribution in [0.5, 0.6) is 0 Å². The number of non-ortho nitro benzene ring substituents is 1. The highest BCUT2D eigenvalue weighted by Gasteiger charge is 2.31. The summed E-state index contributed by atoms with van der Waals surface area (Å²) in [5.74, 6) is -0.281. The smallest absolute Gasteiger partial charge is 0.411 e. The molecule has 0 fully saturated rings. The molecule has 8 nitrogen and oxygen atoms in total. The number of nitrogens with zero attached hydrogens (tertiary/aromatic N) is 2. The van der Waals surface area contributed by atoms with Crippen LogP contribution in [0.2, 0.25) is 0 Å². The molecule has 176 valence electrons. The zero-order valence-electron chi connectivity index (χ0n) is 19.2. The van der Waals surface area contributed by atoms with Gasteiger partial charge in [0.15, 0.2) is 0 Å². The van der Waals surface area contributed by atoms with E-state index in [-0.39, 0.29) is 24.8 Å². The summed E-state index contributed by atoms with van der Waals surface area (Å²) in [4.78, 5) is 25.5. The van der Waals surface area contributed by atoms with Crippen LogP contribution in [0.4, 0.5) is 21.9 Å². The maximum Gasteiger partial charge on any atom is 0.411 e.